The second kappa shape index (κ2) is 9.90. The molecule has 0 spiro atoms. The van der Waals surface area contributed by atoms with Gasteiger partial charge >= 0.3 is 47.5 Å². The van der Waals surface area contributed by atoms with Gasteiger partial charge in [0.2, 0.25) is 0 Å². The number of carbonyl (C=O) groups excluding carboxylic acids is 1. The standard InChI is InChI=1S/C16H15NO13S2.Na.H/c17-10-3-8(31(24,25)26)1-7-2-9(32(27,28)29)4-11(14(7)10)30-13(20)6-16(23,15(21)22)5-12(18)19;;/h1-4,23H,5-6,17H2,(H,18,19)(H,21,22)(H,24,25,26)(H,27,28,29);;/q;+1;-1. The summed E-state index contributed by atoms with van der Waals surface area (Å²) in [6.07, 6.45) is -2.75. The van der Waals surface area contributed by atoms with E-state index in [2.05, 4.69) is 0 Å². The van der Waals surface area contributed by atoms with Crippen molar-refractivity contribution < 1.29 is 91.4 Å². The van der Waals surface area contributed by atoms with Crippen molar-refractivity contribution in [1.82, 2.24) is 0 Å². The van der Waals surface area contributed by atoms with Crippen LogP contribution in [0.25, 0.3) is 10.8 Å². The first kappa shape index (κ1) is 28.7. The van der Waals surface area contributed by atoms with Crippen LogP contribution >= 0.6 is 0 Å². The molecule has 0 heterocycles. The minimum Gasteiger partial charge on any atom is -1.00 e. The summed E-state index contributed by atoms with van der Waals surface area (Å²) in [6.45, 7) is 0. The number of rotatable bonds is 8. The molecule has 0 bridgehead atoms. The Morgan fingerprint density at radius 1 is 0.939 bits per heavy atom. The SMILES string of the molecule is Nc1cc(S(=O)(=O)O)cc2cc(S(=O)(=O)O)cc(OC(=O)CC(O)(CC(=O)O)C(=O)O)c12.[H-].[Na+]. The molecule has 1 unspecified atom stereocenters. The van der Waals surface area contributed by atoms with E-state index in [1.165, 1.54) is 0 Å². The predicted octanol–water partition coefficient (Wildman–Crippen LogP) is -3.38. The maximum atomic E-state index is 12.2. The minimum atomic E-state index is -4.94. The van der Waals surface area contributed by atoms with Crippen molar-refractivity contribution in [3.63, 3.8) is 0 Å². The summed E-state index contributed by atoms with van der Waals surface area (Å²) in [6, 6.07) is 2.87. The Morgan fingerprint density at radius 3 is 1.85 bits per heavy atom. The predicted molar refractivity (Wildman–Crippen MR) is 104 cm³/mol. The van der Waals surface area contributed by atoms with Crippen LogP contribution in [0.3, 0.4) is 0 Å². The van der Waals surface area contributed by atoms with E-state index >= 15 is 0 Å². The number of benzene rings is 2. The van der Waals surface area contributed by atoms with Crippen molar-refractivity contribution in [2.45, 2.75) is 28.2 Å². The summed E-state index contributed by atoms with van der Waals surface area (Å²) < 4.78 is 69.3. The number of fused-ring (bicyclic) bond motifs is 1. The van der Waals surface area contributed by atoms with Crippen LogP contribution in [0.5, 0.6) is 5.75 Å². The fourth-order valence-electron chi connectivity index (χ4n) is 2.69. The van der Waals surface area contributed by atoms with Crippen molar-refractivity contribution in [3.8, 4) is 5.75 Å². The van der Waals surface area contributed by atoms with Gasteiger partial charge in [0.25, 0.3) is 20.2 Å². The van der Waals surface area contributed by atoms with Crippen molar-refractivity contribution >= 4 is 54.6 Å². The number of anilines is 1. The zero-order valence-corrected chi connectivity index (χ0v) is 20.3. The Hall–Kier alpha value is -2.31. The van der Waals surface area contributed by atoms with E-state index < -0.39 is 77.8 Å². The number of esters is 1. The summed E-state index contributed by atoms with van der Waals surface area (Å²) in [7, 11) is -9.74. The minimum absolute atomic E-state index is 0. The third kappa shape index (κ3) is 6.84. The van der Waals surface area contributed by atoms with Gasteiger partial charge in [0.1, 0.15) is 5.75 Å². The topological polar surface area (TPSA) is 256 Å². The molecule has 0 radical (unpaired) electrons. The Morgan fingerprint density at radius 2 is 1.42 bits per heavy atom. The number of ether oxygens (including phenoxy) is 1. The normalized spacial score (nSPS) is 13.5. The molecule has 2 aromatic carbocycles. The van der Waals surface area contributed by atoms with Gasteiger partial charge in [-0.3, -0.25) is 18.7 Å². The van der Waals surface area contributed by atoms with Gasteiger partial charge < -0.3 is 27.2 Å². The summed E-state index contributed by atoms with van der Waals surface area (Å²) in [5.74, 6) is -6.01. The summed E-state index contributed by atoms with van der Waals surface area (Å²) in [4.78, 5) is 32.6. The number of hydrogen-bond acceptors (Lipinski definition) is 10. The van der Waals surface area contributed by atoms with Crippen molar-refractivity contribution in [2.75, 3.05) is 5.73 Å². The zero-order chi connectivity index (χ0) is 24.6. The fourth-order valence-corrected chi connectivity index (χ4v) is 3.78. The average Bonchev–Trinajstić information content (AvgIpc) is 2.58. The largest absolute Gasteiger partial charge is 1.00 e. The Balaban J connectivity index is 0.00000544. The maximum absolute atomic E-state index is 12.2. The molecule has 2 aromatic rings. The number of nitrogen functional groups attached to an aromatic ring is 1. The monoisotopic (exact) mass is 517 g/mol. The van der Waals surface area contributed by atoms with Gasteiger partial charge in [-0.25, -0.2) is 4.79 Å². The van der Waals surface area contributed by atoms with E-state index in [0.29, 0.717) is 6.07 Å². The summed E-state index contributed by atoms with van der Waals surface area (Å²) in [5, 5.41) is 27.1. The number of carboxylic acid groups (broad SMARTS) is 2. The average molecular weight is 517 g/mol. The quantitative estimate of drug-likeness (QED) is 0.0656. The second-order valence-electron chi connectivity index (χ2n) is 6.54. The Kier molecular flexibility index (Phi) is 8.61. The van der Waals surface area contributed by atoms with Crippen LogP contribution in [0, 0.1) is 0 Å². The van der Waals surface area contributed by atoms with Crippen LogP contribution in [0.1, 0.15) is 14.3 Å². The molecule has 0 aromatic heterocycles. The van der Waals surface area contributed by atoms with Gasteiger partial charge in [0, 0.05) is 17.1 Å². The molecule has 7 N–H and O–H groups in total. The molecule has 0 saturated heterocycles. The molecule has 0 aliphatic rings. The molecule has 17 heteroatoms. The smallest absolute Gasteiger partial charge is 1.00 e. The van der Waals surface area contributed by atoms with Crippen LogP contribution in [-0.4, -0.2) is 64.8 Å². The fraction of sp³-hybridized carbons (Fsp3) is 0.188. The van der Waals surface area contributed by atoms with Crippen LogP contribution in [-0.2, 0) is 34.6 Å². The Labute approximate surface area is 209 Å². The van der Waals surface area contributed by atoms with Gasteiger partial charge in [-0.2, -0.15) is 16.8 Å². The van der Waals surface area contributed by atoms with Gasteiger partial charge in [0.05, 0.1) is 22.6 Å². The van der Waals surface area contributed by atoms with Gasteiger partial charge in [-0.05, 0) is 23.6 Å². The van der Waals surface area contributed by atoms with Gasteiger partial charge in [-0.15, -0.1) is 0 Å². The Bertz CT molecular complexity index is 1360. The molecule has 0 amide bonds. The number of hydrogen-bond donors (Lipinski definition) is 6. The molecule has 0 aliphatic heterocycles. The first-order chi connectivity index (χ1) is 14.4. The second-order valence-corrected chi connectivity index (χ2v) is 9.38. The molecule has 0 fully saturated rings. The first-order valence-corrected chi connectivity index (χ1v) is 11.0. The van der Waals surface area contributed by atoms with E-state index in [1.54, 1.807) is 0 Å². The zero-order valence-electron chi connectivity index (χ0n) is 17.6. The third-order valence-corrected chi connectivity index (χ3v) is 5.75. The maximum Gasteiger partial charge on any atom is 1.00 e. The first-order valence-electron chi connectivity index (χ1n) is 8.14. The van der Waals surface area contributed by atoms with Crippen LogP contribution in [0.4, 0.5) is 5.69 Å². The van der Waals surface area contributed by atoms with Crippen LogP contribution in [0.2, 0.25) is 0 Å². The molecule has 1 atom stereocenters. The van der Waals surface area contributed by atoms with E-state index in [9.17, 15) is 45.4 Å². The molecule has 33 heavy (non-hydrogen) atoms. The van der Waals surface area contributed by atoms with Crippen molar-refractivity contribution in [2.24, 2.45) is 0 Å². The van der Waals surface area contributed by atoms with Crippen molar-refractivity contribution in [3.05, 3.63) is 24.3 Å². The molecule has 14 nitrogen and oxygen atoms in total. The number of aliphatic hydroxyl groups is 1. The van der Waals surface area contributed by atoms with Crippen molar-refractivity contribution in [1.29, 1.82) is 0 Å². The van der Waals surface area contributed by atoms with Crippen LogP contribution < -0.4 is 40.0 Å². The van der Waals surface area contributed by atoms with E-state index in [1.807, 2.05) is 0 Å². The van der Waals surface area contributed by atoms with E-state index in [-0.39, 0.29) is 41.8 Å². The number of carbonyl (C=O) groups is 3. The third-order valence-electron chi connectivity index (χ3n) is 4.09. The molecule has 0 saturated carbocycles. The van der Waals surface area contributed by atoms with Crippen LogP contribution in [0.15, 0.2) is 34.1 Å². The van der Waals surface area contributed by atoms with E-state index in [4.69, 9.17) is 20.7 Å². The number of aliphatic carboxylic acids is 2. The summed E-state index contributed by atoms with van der Waals surface area (Å²) in [5.41, 5.74) is 2.23. The molecule has 176 valence electrons. The number of carboxylic acids is 2. The molecular weight excluding hydrogens is 501 g/mol. The summed E-state index contributed by atoms with van der Waals surface area (Å²) >= 11 is 0. The molecule has 2 rings (SSSR count). The molecule has 0 aliphatic carbocycles. The molecular formula is C16H16NNaO13S2. The van der Waals surface area contributed by atoms with Gasteiger partial charge in [0.15, 0.2) is 5.60 Å². The number of nitrogens with two attached hydrogens (primary N) is 1. The van der Waals surface area contributed by atoms with E-state index in [0.717, 1.165) is 18.2 Å². The van der Waals surface area contributed by atoms with Gasteiger partial charge in [-0.1, -0.05) is 0 Å².